The van der Waals surface area contributed by atoms with Gasteiger partial charge in [-0.25, -0.2) is 4.39 Å². The number of rotatable bonds is 2. The summed E-state index contributed by atoms with van der Waals surface area (Å²) >= 11 is 0. The fourth-order valence-electron chi connectivity index (χ4n) is 1.01. The van der Waals surface area contributed by atoms with E-state index in [-0.39, 0.29) is 12.0 Å². The predicted octanol–water partition coefficient (Wildman–Crippen LogP) is 1.76. The molecule has 1 rings (SSSR count). The zero-order chi connectivity index (χ0) is 9.14. The Labute approximate surface area is 69.6 Å². The molecule has 0 saturated heterocycles. The molecule has 3 heteroatoms. The maximum atomic E-state index is 13.1. The van der Waals surface area contributed by atoms with Crippen LogP contribution in [0, 0.1) is 12.7 Å². The summed E-state index contributed by atoms with van der Waals surface area (Å²) in [5.41, 5.74) is 0.719. The zero-order valence-corrected chi connectivity index (χ0v) is 6.67. The highest BCUT2D eigenvalue weighted by Gasteiger charge is 2.07. The third-order valence-electron chi connectivity index (χ3n) is 1.61. The molecule has 0 fully saturated rings. The van der Waals surface area contributed by atoms with Crippen molar-refractivity contribution in [2.24, 2.45) is 0 Å². The van der Waals surface area contributed by atoms with Gasteiger partial charge in [0.15, 0.2) is 0 Å². The van der Waals surface area contributed by atoms with Gasteiger partial charge in [-0.1, -0.05) is 18.2 Å². The van der Waals surface area contributed by atoms with Crippen LogP contribution in [0.5, 0.6) is 0 Å². The molecule has 0 aliphatic heterocycles. The van der Waals surface area contributed by atoms with Crippen LogP contribution >= 0.6 is 0 Å². The van der Waals surface area contributed by atoms with Crippen LogP contribution in [-0.2, 0) is 11.2 Å². The number of carbonyl (C=O) groups is 1. The van der Waals surface area contributed by atoms with Crippen molar-refractivity contribution in [2.75, 3.05) is 0 Å². The van der Waals surface area contributed by atoms with E-state index in [1.54, 1.807) is 19.1 Å². The maximum absolute atomic E-state index is 13.1. The van der Waals surface area contributed by atoms with Gasteiger partial charge in [0, 0.05) is 0 Å². The minimum atomic E-state index is -1.01. The number of hydrogen-bond donors (Lipinski definition) is 1. The largest absolute Gasteiger partial charge is 0.481 e. The Balaban J connectivity index is 3.00. The average Bonchev–Trinajstić information content (AvgIpc) is 1.98. The number of benzene rings is 1. The van der Waals surface area contributed by atoms with Gasteiger partial charge in [-0.15, -0.1) is 0 Å². The lowest BCUT2D eigenvalue weighted by atomic mass is 10.1. The first-order valence-electron chi connectivity index (χ1n) is 3.57. The van der Waals surface area contributed by atoms with Crippen LogP contribution in [-0.4, -0.2) is 11.1 Å². The van der Waals surface area contributed by atoms with Crippen LogP contribution in [0.25, 0.3) is 0 Å². The van der Waals surface area contributed by atoms with Crippen LogP contribution in [0.2, 0.25) is 0 Å². The number of carboxylic acid groups (broad SMARTS) is 1. The molecular weight excluding hydrogens is 159 g/mol. The van der Waals surface area contributed by atoms with Gasteiger partial charge in [0.25, 0.3) is 0 Å². The van der Waals surface area contributed by atoms with E-state index in [4.69, 9.17) is 5.11 Å². The molecule has 1 N–H and O–H groups in total. The number of carboxylic acids is 1. The Bertz CT molecular complexity index is 307. The Morgan fingerprint density at radius 1 is 1.58 bits per heavy atom. The van der Waals surface area contributed by atoms with Crippen molar-refractivity contribution in [3.63, 3.8) is 0 Å². The summed E-state index contributed by atoms with van der Waals surface area (Å²) in [5, 5.41) is 8.42. The standard InChI is InChI=1S/C9H9FO2/c1-6-3-2-4-7(9(6)10)5-8(11)12/h2-4H,5H2,1H3,(H,11,12). The summed E-state index contributed by atoms with van der Waals surface area (Å²) in [6, 6.07) is 4.74. The van der Waals surface area contributed by atoms with Gasteiger partial charge < -0.3 is 5.11 Å². The Kier molecular flexibility index (Phi) is 2.43. The molecule has 0 atom stereocenters. The zero-order valence-electron chi connectivity index (χ0n) is 6.67. The minimum absolute atomic E-state index is 0.238. The molecule has 0 radical (unpaired) electrons. The lowest BCUT2D eigenvalue weighted by Crippen LogP contribution is -2.03. The summed E-state index contributed by atoms with van der Waals surface area (Å²) in [7, 11) is 0. The third kappa shape index (κ3) is 1.81. The van der Waals surface area contributed by atoms with E-state index in [1.165, 1.54) is 6.07 Å². The first-order chi connectivity index (χ1) is 5.61. The van der Waals surface area contributed by atoms with Crippen molar-refractivity contribution >= 4 is 5.97 Å². The Morgan fingerprint density at radius 3 is 2.83 bits per heavy atom. The van der Waals surface area contributed by atoms with Crippen LogP contribution in [0.3, 0.4) is 0 Å². The van der Waals surface area contributed by atoms with Crippen molar-refractivity contribution in [1.82, 2.24) is 0 Å². The molecule has 2 nitrogen and oxygen atoms in total. The van der Waals surface area contributed by atoms with Gasteiger partial charge in [-0.3, -0.25) is 4.79 Å². The second-order valence-corrected chi connectivity index (χ2v) is 2.62. The summed E-state index contributed by atoms with van der Waals surface area (Å²) in [6.45, 7) is 1.61. The molecule has 0 heterocycles. The van der Waals surface area contributed by atoms with E-state index in [1.807, 2.05) is 0 Å². The Hall–Kier alpha value is -1.38. The van der Waals surface area contributed by atoms with Crippen LogP contribution < -0.4 is 0 Å². The number of hydrogen-bond acceptors (Lipinski definition) is 1. The van der Waals surface area contributed by atoms with Gasteiger partial charge in [0.2, 0.25) is 0 Å². The number of aryl methyl sites for hydroxylation is 1. The van der Waals surface area contributed by atoms with Crippen LogP contribution in [0.1, 0.15) is 11.1 Å². The first kappa shape index (κ1) is 8.71. The average molecular weight is 168 g/mol. The van der Waals surface area contributed by atoms with Crippen molar-refractivity contribution < 1.29 is 14.3 Å². The number of aliphatic carboxylic acids is 1. The van der Waals surface area contributed by atoms with Gasteiger partial charge in [-0.05, 0) is 18.1 Å². The van der Waals surface area contributed by atoms with Gasteiger partial charge in [-0.2, -0.15) is 0 Å². The smallest absolute Gasteiger partial charge is 0.307 e. The fraction of sp³-hybridized carbons (Fsp3) is 0.222. The topological polar surface area (TPSA) is 37.3 Å². The second kappa shape index (κ2) is 3.34. The van der Waals surface area contributed by atoms with Crippen molar-refractivity contribution in [3.8, 4) is 0 Å². The molecule has 12 heavy (non-hydrogen) atoms. The first-order valence-corrected chi connectivity index (χ1v) is 3.57. The quantitative estimate of drug-likeness (QED) is 0.730. The molecule has 1 aromatic carbocycles. The Morgan fingerprint density at radius 2 is 2.25 bits per heavy atom. The van der Waals surface area contributed by atoms with E-state index < -0.39 is 11.8 Å². The molecule has 0 amide bonds. The summed E-state index contributed by atoms with van der Waals surface area (Å²) in [4.78, 5) is 10.3. The molecule has 0 aliphatic carbocycles. The third-order valence-corrected chi connectivity index (χ3v) is 1.61. The molecule has 0 unspecified atom stereocenters. The van der Waals surface area contributed by atoms with E-state index in [0.29, 0.717) is 5.56 Å². The molecule has 0 saturated carbocycles. The summed E-state index contributed by atoms with van der Waals surface area (Å²) < 4.78 is 13.1. The van der Waals surface area contributed by atoms with Gasteiger partial charge >= 0.3 is 5.97 Å². The van der Waals surface area contributed by atoms with Crippen molar-refractivity contribution in [3.05, 3.63) is 35.1 Å². The van der Waals surface area contributed by atoms with Crippen molar-refractivity contribution in [1.29, 1.82) is 0 Å². The highest BCUT2D eigenvalue weighted by Crippen LogP contribution is 2.11. The fourth-order valence-corrected chi connectivity index (χ4v) is 1.01. The monoisotopic (exact) mass is 168 g/mol. The highest BCUT2D eigenvalue weighted by atomic mass is 19.1. The van der Waals surface area contributed by atoms with Gasteiger partial charge in [0.05, 0.1) is 6.42 Å². The highest BCUT2D eigenvalue weighted by molar-refractivity contribution is 5.70. The van der Waals surface area contributed by atoms with Crippen molar-refractivity contribution in [2.45, 2.75) is 13.3 Å². The van der Waals surface area contributed by atoms with Gasteiger partial charge in [0.1, 0.15) is 5.82 Å². The predicted molar refractivity (Wildman–Crippen MR) is 42.5 cm³/mol. The molecule has 1 aromatic rings. The van der Waals surface area contributed by atoms with Crippen LogP contribution in [0.4, 0.5) is 4.39 Å². The molecule has 0 aliphatic rings. The molecular formula is C9H9FO2. The van der Waals surface area contributed by atoms with E-state index in [0.717, 1.165) is 0 Å². The molecule has 64 valence electrons. The number of halogens is 1. The SMILES string of the molecule is Cc1cccc(CC(=O)O)c1F. The minimum Gasteiger partial charge on any atom is -0.481 e. The lowest BCUT2D eigenvalue weighted by molar-refractivity contribution is -0.136. The molecule has 0 aromatic heterocycles. The lowest BCUT2D eigenvalue weighted by Gasteiger charge is -2.01. The maximum Gasteiger partial charge on any atom is 0.307 e. The van der Waals surface area contributed by atoms with E-state index in [9.17, 15) is 9.18 Å². The van der Waals surface area contributed by atoms with Crippen LogP contribution in [0.15, 0.2) is 18.2 Å². The summed E-state index contributed by atoms with van der Waals surface area (Å²) in [6.07, 6.45) is -0.256. The molecule has 0 bridgehead atoms. The normalized spacial score (nSPS) is 9.83. The van der Waals surface area contributed by atoms with E-state index >= 15 is 0 Å². The van der Waals surface area contributed by atoms with E-state index in [2.05, 4.69) is 0 Å². The summed E-state index contributed by atoms with van der Waals surface area (Å²) in [5.74, 6) is -1.43. The molecule has 0 spiro atoms. The second-order valence-electron chi connectivity index (χ2n) is 2.62.